The Kier molecular flexibility index (Phi) is 4.51. The van der Waals surface area contributed by atoms with Gasteiger partial charge in [-0.3, -0.25) is 4.79 Å². The maximum absolute atomic E-state index is 12.6. The number of carbonyl (C=O) groups is 1. The Morgan fingerprint density at radius 2 is 1.63 bits per heavy atom. The minimum absolute atomic E-state index is 0.177. The standard InChI is InChI=1S/C15H11Cl3O/c1-2-9-5-3-4-6-11(9)15(19)14-12(17)7-10(16)8-13(14)18/h3-8H,2H2,1H3. The summed E-state index contributed by atoms with van der Waals surface area (Å²) in [6.45, 7) is 2.00. The van der Waals surface area contributed by atoms with Gasteiger partial charge in [-0.2, -0.15) is 0 Å². The summed E-state index contributed by atoms with van der Waals surface area (Å²) in [6.07, 6.45) is 0.769. The molecular formula is C15H11Cl3O. The van der Waals surface area contributed by atoms with Crippen molar-refractivity contribution in [3.8, 4) is 0 Å². The first-order chi connectivity index (χ1) is 9.04. The number of hydrogen-bond acceptors (Lipinski definition) is 1. The van der Waals surface area contributed by atoms with Crippen LogP contribution in [-0.2, 0) is 6.42 Å². The molecule has 0 saturated carbocycles. The van der Waals surface area contributed by atoms with Gasteiger partial charge in [0, 0.05) is 10.6 Å². The summed E-state index contributed by atoms with van der Waals surface area (Å²) in [5, 5.41) is 0.956. The van der Waals surface area contributed by atoms with Gasteiger partial charge in [-0.25, -0.2) is 0 Å². The van der Waals surface area contributed by atoms with Crippen LogP contribution in [0.25, 0.3) is 0 Å². The van der Waals surface area contributed by atoms with Crippen molar-refractivity contribution in [1.29, 1.82) is 0 Å². The van der Waals surface area contributed by atoms with E-state index in [0.29, 0.717) is 16.1 Å². The van der Waals surface area contributed by atoms with Crippen molar-refractivity contribution in [3.05, 3.63) is 68.2 Å². The van der Waals surface area contributed by atoms with Gasteiger partial charge in [0.25, 0.3) is 0 Å². The van der Waals surface area contributed by atoms with Crippen molar-refractivity contribution >= 4 is 40.6 Å². The SMILES string of the molecule is CCc1ccccc1C(=O)c1c(Cl)cc(Cl)cc1Cl. The second-order valence-electron chi connectivity index (χ2n) is 4.08. The lowest BCUT2D eigenvalue weighted by Crippen LogP contribution is -2.06. The van der Waals surface area contributed by atoms with Crippen LogP contribution in [0.2, 0.25) is 15.1 Å². The van der Waals surface area contributed by atoms with Gasteiger partial charge in [-0.15, -0.1) is 0 Å². The van der Waals surface area contributed by atoms with E-state index in [4.69, 9.17) is 34.8 Å². The van der Waals surface area contributed by atoms with Crippen LogP contribution in [0.4, 0.5) is 0 Å². The van der Waals surface area contributed by atoms with Gasteiger partial charge in [0.15, 0.2) is 5.78 Å². The zero-order valence-electron chi connectivity index (χ0n) is 10.2. The van der Waals surface area contributed by atoms with E-state index in [1.54, 1.807) is 6.07 Å². The van der Waals surface area contributed by atoms with E-state index in [-0.39, 0.29) is 15.8 Å². The molecule has 0 bridgehead atoms. The number of benzene rings is 2. The monoisotopic (exact) mass is 312 g/mol. The molecule has 0 aliphatic carbocycles. The quantitative estimate of drug-likeness (QED) is 0.690. The van der Waals surface area contributed by atoms with Gasteiger partial charge in [0.05, 0.1) is 15.6 Å². The average molecular weight is 314 g/mol. The van der Waals surface area contributed by atoms with Crippen LogP contribution in [-0.4, -0.2) is 5.78 Å². The minimum atomic E-state index is -0.177. The molecule has 0 aromatic heterocycles. The van der Waals surface area contributed by atoms with Crippen LogP contribution in [0.15, 0.2) is 36.4 Å². The number of aryl methyl sites for hydroxylation is 1. The van der Waals surface area contributed by atoms with Crippen molar-refractivity contribution in [1.82, 2.24) is 0 Å². The number of hydrogen-bond donors (Lipinski definition) is 0. The summed E-state index contributed by atoms with van der Waals surface area (Å²) >= 11 is 18.0. The van der Waals surface area contributed by atoms with E-state index in [0.717, 1.165) is 12.0 Å². The molecular weight excluding hydrogens is 303 g/mol. The van der Waals surface area contributed by atoms with E-state index in [2.05, 4.69) is 0 Å². The molecule has 1 nitrogen and oxygen atoms in total. The van der Waals surface area contributed by atoms with Gasteiger partial charge in [-0.1, -0.05) is 66.0 Å². The number of ketones is 1. The summed E-state index contributed by atoms with van der Waals surface area (Å²) < 4.78 is 0. The largest absolute Gasteiger partial charge is 0.288 e. The highest BCUT2D eigenvalue weighted by molar-refractivity contribution is 6.43. The number of halogens is 3. The Bertz CT molecular complexity index is 612. The fourth-order valence-corrected chi connectivity index (χ4v) is 2.93. The molecule has 2 rings (SSSR count). The third-order valence-corrected chi connectivity index (χ3v) is 3.69. The van der Waals surface area contributed by atoms with Gasteiger partial charge in [-0.05, 0) is 24.1 Å². The van der Waals surface area contributed by atoms with Crippen molar-refractivity contribution in [2.45, 2.75) is 13.3 Å². The highest BCUT2D eigenvalue weighted by Gasteiger charge is 2.19. The van der Waals surface area contributed by atoms with E-state index in [9.17, 15) is 4.79 Å². The van der Waals surface area contributed by atoms with Gasteiger partial charge in [0.1, 0.15) is 0 Å². The van der Waals surface area contributed by atoms with Crippen molar-refractivity contribution in [3.63, 3.8) is 0 Å². The molecule has 19 heavy (non-hydrogen) atoms. The molecule has 0 unspecified atom stereocenters. The van der Waals surface area contributed by atoms with Crippen molar-refractivity contribution in [2.24, 2.45) is 0 Å². The average Bonchev–Trinajstić information content (AvgIpc) is 2.37. The maximum Gasteiger partial charge on any atom is 0.196 e. The summed E-state index contributed by atoms with van der Waals surface area (Å²) in [7, 11) is 0. The minimum Gasteiger partial charge on any atom is -0.288 e. The fraction of sp³-hybridized carbons (Fsp3) is 0.133. The highest BCUT2D eigenvalue weighted by Crippen LogP contribution is 2.31. The smallest absolute Gasteiger partial charge is 0.196 e. The molecule has 0 atom stereocenters. The molecule has 98 valence electrons. The van der Waals surface area contributed by atoms with E-state index < -0.39 is 0 Å². The normalized spacial score (nSPS) is 10.5. The van der Waals surface area contributed by atoms with E-state index in [1.165, 1.54) is 12.1 Å². The second-order valence-corrected chi connectivity index (χ2v) is 5.34. The molecule has 4 heteroatoms. The summed E-state index contributed by atoms with van der Waals surface area (Å²) in [6, 6.07) is 10.5. The molecule has 0 spiro atoms. The molecule has 2 aromatic carbocycles. The van der Waals surface area contributed by atoms with Crippen LogP contribution in [0.1, 0.15) is 28.4 Å². The molecule has 0 aliphatic rings. The van der Waals surface area contributed by atoms with Gasteiger partial charge >= 0.3 is 0 Å². The van der Waals surface area contributed by atoms with E-state index >= 15 is 0 Å². The third-order valence-electron chi connectivity index (χ3n) is 2.88. The lowest BCUT2D eigenvalue weighted by Gasteiger charge is -2.10. The predicted octanol–water partition coefficient (Wildman–Crippen LogP) is 5.44. The van der Waals surface area contributed by atoms with Gasteiger partial charge in [0.2, 0.25) is 0 Å². The first-order valence-corrected chi connectivity index (χ1v) is 6.95. The molecule has 0 saturated heterocycles. The topological polar surface area (TPSA) is 17.1 Å². The third kappa shape index (κ3) is 2.94. The summed E-state index contributed by atoms with van der Waals surface area (Å²) in [5.74, 6) is -0.177. The lowest BCUT2D eigenvalue weighted by molar-refractivity contribution is 0.103. The molecule has 2 aromatic rings. The predicted molar refractivity (Wildman–Crippen MR) is 80.7 cm³/mol. The number of carbonyl (C=O) groups excluding carboxylic acids is 1. The maximum atomic E-state index is 12.6. The second kappa shape index (κ2) is 5.96. The van der Waals surface area contributed by atoms with Crippen molar-refractivity contribution < 1.29 is 4.79 Å². The molecule has 0 amide bonds. The Morgan fingerprint density at radius 3 is 2.21 bits per heavy atom. The lowest BCUT2D eigenvalue weighted by atomic mass is 9.97. The van der Waals surface area contributed by atoms with Crippen LogP contribution < -0.4 is 0 Å². The highest BCUT2D eigenvalue weighted by atomic mass is 35.5. The molecule has 0 aliphatic heterocycles. The zero-order valence-corrected chi connectivity index (χ0v) is 12.5. The van der Waals surface area contributed by atoms with Crippen molar-refractivity contribution in [2.75, 3.05) is 0 Å². The Balaban J connectivity index is 2.57. The van der Waals surface area contributed by atoms with Gasteiger partial charge < -0.3 is 0 Å². The van der Waals surface area contributed by atoms with E-state index in [1.807, 2.05) is 25.1 Å². The Hall–Kier alpha value is -1.02. The summed E-state index contributed by atoms with van der Waals surface area (Å²) in [5.41, 5.74) is 1.89. The van der Waals surface area contributed by atoms with Crippen LogP contribution in [0, 0.1) is 0 Å². The Morgan fingerprint density at radius 1 is 1.05 bits per heavy atom. The van der Waals surface area contributed by atoms with Crippen LogP contribution >= 0.6 is 34.8 Å². The Labute approximate surface area is 127 Å². The van der Waals surface area contributed by atoms with Crippen LogP contribution in [0.3, 0.4) is 0 Å². The fourth-order valence-electron chi connectivity index (χ4n) is 1.94. The summed E-state index contributed by atoms with van der Waals surface area (Å²) in [4.78, 5) is 12.6. The molecule has 0 fully saturated rings. The molecule has 0 N–H and O–H groups in total. The van der Waals surface area contributed by atoms with Crippen LogP contribution in [0.5, 0.6) is 0 Å². The first-order valence-electron chi connectivity index (χ1n) is 5.81. The zero-order chi connectivity index (χ0) is 14.0. The number of rotatable bonds is 3. The molecule has 0 heterocycles. The molecule has 0 radical (unpaired) electrons. The first kappa shape index (κ1) is 14.4.